The van der Waals surface area contributed by atoms with Crippen LogP contribution < -0.4 is 10.6 Å². The molecule has 4 atom stereocenters. The normalized spacial score (nSPS) is 24.0. The molecular formula is C29H33FN6. The number of rotatable bonds is 5. The van der Waals surface area contributed by atoms with E-state index < -0.39 is 0 Å². The lowest BCUT2D eigenvalue weighted by molar-refractivity contribution is 0.546. The highest BCUT2D eigenvalue weighted by Crippen LogP contribution is 2.32. The highest BCUT2D eigenvalue weighted by Gasteiger charge is 2.26. The monoisotopic (exact) mass is 484 g/mol. The fraction of sp³-hybridized carbons (Fsp3) is 0.379. The van der Waals surface area contributed by atoms with Crippen LogP contribution in [0.1, 0.15) is 69.0 Å². The predicted octanol–water partition coefficient (Wildman–Crippen LogP) is 6.21. The van der Waals surface area contributed by atoms with E-state index in [-0.39, 0.29) is 12.0 Å². The Morgan fingerprint density at radius 2 is 1.08 bits per heavy atom. The van der Waals surface area contributed by atoms with Crippen molar-refractivity contribution in [1.29, 1.82) is 0 Å². The van der Waals surface area contributed by atoms with Gasteiger partial charge in [0.1, 0.15) is 17.3 Å². The van der Waals surface area contributed by atoms with Crippen molar-refractivity contribution in [3.05, 3.63) is 71.8 Å². The maximum absolute atomic E-state index is 14.7. The van der Waals surface area contributed by atoms with E-state index >= 15 is 0 Å². The van der Waals surface area contributed by atoms with Crippen molar-refractivity contribution in [2.75, 3.05) is 0 Å². The third-order valence-electron chi connectivity index (χ3n) is 7.64. The first kappa shape index (κ1) is 23.1. The molecule has 2 fully saturated rings. The number of nitrogens with one attached hydrogen (secondary N) is 4. The third kappa shape index (κ3) is 4.38. The fourth-order valence-corrected chi connectivity index (χ4v) is 5.58. The van der Waals surface area contributed by atoms with Gasteiger partial charge in [-0.3, -0.25) is 0 Å². The quantitative estimate of drug-likeness (QED) is 0.272. The molecule has 2 aliphatic heterocycles. The van der Waals surface area contributed by atoms with Crippen LogP contribution in [0.4, 0.5) is 4.39 Å². The van der Waals surface area contributed by atoms with Crippen molar-refractivity contribution in [2.24, 2.45) is 0 Å². The van der Waals surface area contributed by atoms with Gasteiger partial charge in [0, 0.05) is 28.9 Å². The van der Waals surface area contributed by atoms with Crippen molar-refractivity contribution >= 4 is 0 Å². The molecule has 2 aliphatic rings. The SMILES string of the molecule is Cc1[nH]c([C@@H]2CC[C@H](C)N2)nc1-c1ccc(-c2ccc(-c3nc([C@@H]4CC[C@H](C)N4)[nH]c3F)cc2)cc1. The van der Waals surface area contributed by atoms with Crippen molar-refractivity contribution in [1.82, 2.24) is 30.6 Å². The Hall–Kier alpha value is -3.29. The van der Waals surface area contributed by atoms with Crippen LogP contribution in [0.25, 0.3) is 33.6 Å². The molecule has 7 heteroatoms. The Bertz CT molecular complexity index is 1250. The van der Waals surface area contributed by atoms with Gasteiger partial charge in [-0.2, -0.15) is 4.39 Å². The number of imidazole rings is 2. The Morgan fingerprint density at radius 1 is 0.639 bits per heavy atom. The molecule has 4 aromatic rings. The lowest BCUT2D eigenvalue weighted by Gasteiger charge is -2.08. The minimum absolute atomic E-state index is 0.0910. The van der Waals surface area contributed by atoms with Gasteiger partial charge in [-0.25, -0.2) is 9.97 Å². The van der Waals surface area contributed by atoms with E-state index in [1.807, 2.05) is 24.3 Å². The zero-order chi connectivity index (χ0) is 24.8. The van der Waals surface area contributed by atoms with Crippen LogP contribution in [0.2, 0.25) is 0 Å². The molecule has 0 bridgehead atoms. The summed E-state index contributed by atoms with van der Waals surface area (Å²) in [4.78, 5) is 15.8. The van der Waals surface area contributed by atoms with Crippen LogP contribution >= 0.6 is 0 Å². The Kier molecular flexibility index (Phi) is 5.97. The standard InChI is InChI=1S/C29H33FN6/c1-16-4-14-23(31-16)28-33-18(3)25(34-28)21-10-6-19(7-11-21)20-8-12-22(13-9-20)26-27(30)36-29(35-26)24-15-5-17(2)32-24/h6-13,16-17,23-24,31-32H,4-5,14-15H2,1-3H3,(H,33,34)(H,35,36)/t16-,17-,23-,24-/m0/s1. The molecule has 0 radical (unpaired) electrons. The van der Waals surface area contributed by atoms with Crippen molar-refractivity contribution in [2.45, 2.75) is 70.6 Å². The van der Waals surface area contributed by atoms with Crippen LogP contribution in [0, 0.1) is 12.9 Å². The van der Waals surface area contributed by atoms with E-state index in [0.717, 1.165) is 58.7 Å². The second-order valence-corrected chi connectivity index (χ2v) is 10.4. The molecule has 4 heterocycles. The molecule has 4 N–H and O–H groups in total. The molecule has 2 saturated heterocycles. The zero-order valence-corrected chi connectivity index (χ0v) is 21.0. The van der Waals surface area contributed by atoms with Gasteiger partial charge in [-0.05, 0) is 57.6 Å². The number of aromatic amines is 2. The van der Waals surface area contributed by atoms with Gasteiger partial charge in [0.25, 0.3) is 0 Å². The maximum Gasteiger partial charge on any atom is 0.219 e. The van der Waals surface area contributed by atoms with Crippen molar-refractivity contribution in [3.63, 3.8) is 0 Å². The van der Waals surface area contributed by atoms with Crippen LogP contribution in [0.5, 0.6) is 0 Å². The van der Waals surface area contributed by atoms with E-state index in [1.165, 1.54) is 6.42 Å². The second kappa shape index (κ2) is 9.30. The Balaban J connectivity index is 1.19. The van der Waals surface area contributed by atoms with Gasteiger partial charge < -0.3 is 20.6 Å². The summed E-state index contributed by atoms with van der Waals surface area (Å²) >= 11 is 0. The molecule has 36 heavy (non-hydrogen) atoms. The number of H-pyrrole nitrogens is 2. The summed E-state index contributed by atoms with van der Waals surface area (Å²) in [6, 6.07) is 17.8. The first-order chi connectivity index (χ1) is 17.4. The number of hydrogen-bond donors (Lipinski definition) is 4. The molecule has 2 aromatic carbocycles. The number of aryl methyl sites for hydroxylation is 1. The average Bonchev–Trinajstić information content (AvgIpc) is 3.67. The third-order valence-corrected chi connectivity index (χ3v) is 7.64. The van der Waals surface area contributed by atoms with E-state index in [9.17, 15) is 4.39 Å². The lowest BCUT2D eigenvalue weighted by atomic mass is 10.0. The number of hydrogen-bond acceptors (Lipinski definition) is 4. The smallest absolute Gasteiger partial charge is 0.219 e. The number of nitrogens with zero attached hydrogens (tertiary/aromatic N) is 2. The molecule has 0 spiro atoms. The lowest BCUT2D eigenvalue weighted by Crippen LogP contribution is -2.21. The minimum atomic E-state index is -0.376. The van der Waals surface area contributed by atoms with Crippen LogP contribution in [0.3, 0.4) is 0 Å². The van der Waals surface area contributed by atoms with Crippen LogP contribution in [-0.4, -0.2) is 32.0 Å². The van der Waals surface area contributed by atoms with E-state index in [1.54, 1.807) is 0 Å². The molecular weight excluding hydrogens is 451 g/mol. The summed E-state index contributed by atoms with van der Waals surface area (Å²) in [6.45, 7) is 6.45. The average molecular weight is 485 g/mol. The second-order valence-electron chi connectivity index (χ2n) is 10.4. The first-order valence-electron chi connectivity index (χ1n) is 13.0. The Morgan fingerprint density at radius 3 is 1.58 bits per heavy atom. The minimum Gasteiger partial charge on any atom is -0.344 e. The van der Waals surface area contributed by atoms with Gasteiger partial charge in [-0.15, -0.1) is 0 Å². The number of halogens is 1. The molecule has 6 nitrogen and oxygen atoms in total. The predicted molar refractivity (Wildman–Crippen MR) is 141 cm³/mol. The van der Waals surface area contributed by atoms with Gasteiger partial charge in [0.15, 0.2) is 0 Å². The van der Waals surface area contributed by atoms with Gasteiger partial charge >= 0.3 is 0 Å². The molecule has 2 aromatic heterocycles. The fourth-order valence-electron chi connectivity index (χ4n) is 5.58. The van der Waals surface area contributed by atoms with E-state index in [2.05, 4.69) is 70.6 Å². The van der Waals surface area contributed by atoms with Crippen molar-refractivity contribution in [3.8, 4) is 33.6 Å². The number of aromatic nitrogens is 4. The molecule has 0 aliphatic carbocycles. The molecule has 0 saturated carbocycles. The zero-order valence-electron chi connectivity index (χ0n) is 21.0. The highest BCUT2D eigenvalue weighted by atomic mass is 19.1. The molecule has 0 unspecified atom stereocenters. The molecule has 6 rings (SSSR count). The summed E-state index contributed by atoms with van der Waals surface area (Å²) < 4.78 is 14.7. The van der Waals surface area contributed by atoms with Gasteiger partial charge in [0.05, 0.1) is 17.8 Å². The van der Waals surface area contributed by atoms with Crippen LogP contribution in [-0.2, 0) is 0 Å². The van der Waals surface area contributed by atoms with E-state index in [4.69, 9.17) is 4.98 Å². The molecule has 0 amide bonds. The summed E-state index contributed by atoms with van der Waals surface area (Å²) in [5, 5.41) is 7.06. The summed E-state index contributed by atoms with van der Waals surface area (Å²) in [5.41, 5.74) is 6.53. The summed E-state index contributed by atoms with van der Waals surface area (Å²) in [6.07, 6.45) is 4.34. The highest BCUT2D eigenvalue weighted by molar-refractivity contribution is 5.72. The van der Waals surface area contributed by atoms with Crippen molar-refractivity contribution < 1.29 is 4.39 Å². The van der Waals surface area contributed by atoms with Crippen LogP contribution in [0.15, 0.2) is 48.5 Å². The maximum atomic E-state index is 14.7. The largest absolute Gasteiger partial charge is 0.344 e. The van der Waals surface area contributed by atoms with E-state index in [0.29, 0.717) is 29.6 Å². The summed E-state index contributed by atoms with van der Waals surface area (Å²) in [5.74, 6) is 1.33. The number of benzene rings is 2. The molecule has 186 valence electrons. The topological polar surface area (TPSA) is 81.4 Å². The van der Waals surface area contributed by atoms with Gasteiger partial charge in [0.2, 0.25) is 5.95 Å². The Labute approximate surface area is 211 Å². The summed E-state index contributed by atoms with van der Waals surface area (Å²) in [7, 11) is 0. The van der Waals surface area contributed by atoms with Gasteiger partial charge in [-0.1, -0.05) is 48.5 Å². The first-order valence-corrected chi connectivity index (χ1v) is 13.0.